The normalized spacial score (nSPS) is 16.8. The van der Waals surface area contributed by atoms with Crippen molar-refractivity contribution in [1.29, 1.82) is 0 Å². The van der Waals surface area contributed by atoms with Gasteiger partial charge in [-0.2, -0.15) is 16.8 Å². The van der Waals surface area contributed by atoms with Crippen LogP contribution in [-0.4, -0.2) is 25.9 Å². The van der Waals surface area contributed by atoms with Crippen LogP contribution >= 0.6 is 0 Å². The molecule has 9 heteroatoms. The lowest BCUT2D eigenvalue weighted by molar-refractivity contribution is 0.332. The van der Waals surface area contributed by atoms with Crippen molar-refractivity contribution in [2.45, 2.75) is 129 Å². The largest absolute Gasteiger partial charge is 0.457 e. The number of ether oxygens (including phenoxy) is 1. The maximum absolute atomic E-state index is 12.4. The predicted octanol–water partition coefficient (Wildman–Crippen LogP) is 10.4. The molecule has 6 unspecified atom stereocenters. The first-order chi connectivity index (χ1) is 20.7. The van der Waals surface area contributed by atoms with E-state index < -0.39 is 20.2 Å². The molecule has 45 heavy (non-hydrogen) atoms. The van der Waals surface area contributed by atoms with Gasteiger partial charge in [-0.3, -0.25) is 9.11 Å². The SMILES string of the molecule is CC(C)CC(C)CC(C)CC(C)c1ccc(Oc2ccc(C(C)CC(C)CC(C)CC(C)C)c(S(=O)(=O)O)c2)cc1S(=O)(=O)O. The summed E-state index contributed by atoms with van der Waals surface area (Å²) in [5.74, 6) is 3.11. The van der Waals surface area contributed by atoms with Crippen molar-refractivity contribution in [2.75, 3.05) is 0 Å². The Bertz CT molecular complexity index is 1340. The number of hydrogen-bond donors (Lipinski definition) is 2. The molecule has 0 radical (unpaired) electrons. The van der Waals surface area contributed by atoms with Crippen LogP contribution in [0.25, 0.3) is 0 Å². The van der Waals surface area contributed by atoms with Gasteiger partial charge in [0.05, 0.1) is 0 Å². The van der Waals surface area contributed by atoms with Gasteiger partial charge in [-0.15, -0.1) is 0 Å². The third-order valence-corrected chi connectivity index (χ3v) is 10.5. The minimum atomic E-state index is -4.56. The summed E-state index contributed by atoms with van der Waals surface area (Å²) in [6, 6.07) is 9.09. The summed E-state index contributed by atoms with van der Waals surface area (Å²) in [5, 5.41) is 0. The molecule has 0 bridgehead atoms. The van der Waals surface area contributed by atoms with E-state index in [4.69, 9.17) is 4.74 Å². The Morgan fingerprint density at radius 3 is 1.11 bits per heavy atom. The Morgan fingerprint density at radius 1 is 0.511 bits per heavy atom. The van der Waals surface area contributed by atoms with Crippen LogP contribution in [-0.2, 0) is 20.2 Å². The fourth-order valence-electron chi connectivity index (χ4n) is 7.38. The van der Waals surface area contributed by atoms with E-state index in [-0.39, 0.29) is 33.1 Å². The highest BCUT2D eigenvalue weighted by atomic mass is 32.2. The minimum Gasteiger partial charge on any atom is -0.457 e. The van der Waals surface area contributed by atoms with E-state index in [2.05, 4.69) is 55.4 Å². The lowest BCUT2D eigenvalue weighted by Crippen LogP contribution is -2.12. The van der Waals surface area contributed by atoms with Crippen LogP contribution in [0.2, 0.25) is 0 Å². The van der Waals surface area contributed by atoms with Gasteiger partial charge in [0.1, 0.15) is 21.3 Å². The van der Waals surface area contributed by atoms with Gasteiger partial charge in [0.15, 0.2) is 0 Å². The molecule has 0 heterocycles. The lowest BCUT2D eigenvalue weighted by Gasteiger charge is -2.23. The lowest BCUT2D eigenvalue weighted by atomic mass is 9.84. The molecule has 0 aliphatic rings. The van der Waals surface area contributed by atoms with E-state index in [1.807, 2.05) is 13.8 Å². The molecule has 2 aromatic carbocycles. The fourth-order valence-corrected chi connectivity index (χ4v) is 9.05. The van der Waals surface area contributed by atoms with E-state index in [1.165, 1.54) is 12.1 Å². The molecule has 7 nitrogen and oxygen atoms in total. The van der Waals surface area contributed by atoms with Crippen LogP contribution < -0.4 is 4.74 Å². The van der Waals surface area contributed by atoms with Gasteiger partial charge in [0.2, 0.25) is 0 Å². The molecule has 2 aromatic rings. The van der Waals surface area contributed by atoms with Crippen LogP contribution in [0.15, 0.2) is 46.2 Å². The van der Waals surface area contributed by atoms with E-state index in [0.717, 1.165) is 38.5 Å². The van der Waals surface area contributed by atoms with Gasteiger partial charge in [-0.25, -0.2) is 0 Å². The summed E-state index contributed by atoms with van der Waals surface area (Å²) < 4.78 is 75.9. The van der Waals surface area contributed by atoms with Gasteiger partial charge < -0.3 is 4.74 Å². The van der Waals surface area contributed by atoms with Crippen molar-refractivity contribution in [2.24, 2.45) is 35.5 Å². The third kappa shape index (κ3) is 13.0. The Morgan fingerprint density at radius 2 is 0.822 bits per heavy atom. The first-order valence-electron chi connectivity index (χ1n) is 16.6. The van der Waals surface area contributed by atoms with Crippen molar-refractivity contribution in [3.63, 3.8) is 0 Å². The van der Waals surface area contributed by atoms with Gasteiger partial charge in [0.25, 0.3) is 20.2 Å². The van der Waals surface area contributed by atoms with E-state index in [1.54, 1.807) is 24.3 Å². The van der Waals surface area contributed by atoms with Crippen molar-refractivity contribution in [3.8, 4) is 11.5 Å². The minimum absolute atomic E-state index is 0.125. The molecule has 6 atom stereocenters. The summed E-state index contributed by atoms with van der Waals surface area (Å²) in [6.45, 7) is 21.6. The monoisotopic (exact) mass is 666 g/mol. The maximum atomic E-state index is 12.4. The molecule has 0 spiro atoms. The zero-order chi connectivity index (χ0) is 34.3. The Kier molecular flexibility index (Phi) is 14.6. The molecular formula is C36H58O7S2. The van der Waals surface area contributed by atoms with Crippen molar-refractivity contribution < 1.29 is 30.7 Å². The van der Waals surface area contributed by atoms with Crippen LogP contribution in [0.3, 0.4) is 0 Å². The number of benzene rings is 2. The highest BCUT2D eigenvalue weighted by Crippen LogP contribution is 2.37. The molecule has 0 aliphatic carbocycles. The zero-order valence-electron chi connectivity index (χ0n) is 29.1. The third-order valence-electron chi connectivity index (χ3n) is 8.69. The summed E-state index contributed by atoms with van der Waals surface area (Å²) in [6.07, 6.45) is 5.86. The van der Waals surface area contributed by atoms with Crippen LogP contribution in [0.5, 0.6) is 11.5 Å². The average molecular weight is 667 g/mol. The second-order valence-electron chi connectivity index (χ2n) is 14.9. The number of hydrogen-bond acceptors (Lipinski definition) is 5. The van der Waals surface area contributed by atoms with Gasteiger partial charge in [0, 0.05) is 12.1 Å². The van der Waals surface area contributed by atoms with Crippen LogP contribution in [0.4, 0.5) is 0 Å². The molecule has 0 aliphatic heterocycles. The summed E-state index contributed by atoms with van der Waals surface area (Å²) in [5.41, 5.74) is 1.01. The van der Waals surface area contributed by atoms with Crippen LogP contribution in [0, 0.1) is 35.5 Å². The summed E-state index contributed by atoms with van der Waals surface area (Å²) in [7, 11) is -9.12. The second-order valence-corrected chi connectivity index (χ2v) is 17.7. The smallest absolute Gasteiger partial charge is 0.294 e. The van der Waals surface area contributed by atoms with Crippen molar-refractivity contribution in [3.05, 3.63) is 47.5 Å². The average Bonchev–Trinajstić information content (AvgIpc) is 2.86. The molecule has 0 amide bonds. The summed E-state index contributed by atoms with van der Waals surface area (Å²) >= 11 is 0. The molecule has 0 saturated carbocycles. The van der Waals surface area contributed by atoms with Gasteiger partial charge in [-0.05, 0) is 109 Å². The molecule has 0 saturated heterocycles. The van der Waals surface area contributed by atoms with E-state index in [9.17, 15) is 25.9 Å². The highest BCUT2D eigenvalue weighted by molar-refractivity contribution is 7.86. The predicted molar refractivity (Wildman–Crippen MR) is 183 cm³/mol. The fraction of sp³-hybridized carbons (Fsp3) is 0.667. The highest BCUT2D eigenvalue weighted by Gasteiger charge is 2.25. The molecule has 256 valence electrons. The first kappa shape index (κ1) is 39.2. The van der Waals surface area contributed by atoms with Gasteiger partial charge in [-0.1, -0.05) is 81.4 Å². The molecule has 0 fully saturated rings. The first-order valence-corrected chi connectivity index (χ1v) is 19.5. The van der Waals surface area contributed by atoms with E-state index in [0.29, 0.717) is 46.6 Å². The van der Waals surface area contributed by atoms with Crippen LogP contribution in [0.1, 0.15) is 131 Å². The second kappa shape index (κ2) is 16.8. The molecular weight excluding hydrogens is 609 g/mol. The quantitative estimate of drug-likeness (QED) is 0.152. The molecule has 2 N–H and O–H groups in total. The standard InChI is InChI=1S/C36H58O7S2/c1-23(2)15-25(5)17-27(7)19-29(9)33-13-11-31(21-35(33)44(37,38)39)43-32-12-14-34(36(22-32)45(40,41)42)30(10)20-28(8)18-26(6)16-24(3)4/h11-14,21-30H,15-20H2,1-10H3,(H,37,38,39)(H,40,41,42). The topological polar surface area (TPSA) is 118 Å². The number of rotatable bonds is 18. The Hall–Kier alpha value is -1.94. The maximum Gasteiger partial charge on any atom is 0.294 e. The van der Waals surface area contributed by atoms with Gasteiger partial charge >= 0.3 is 0 Å². The summed E-state index contributed by atoms with van der Waals surface area (Å²) in [4.78, 5) is -0.452. The molecule has 0 aromatic heterocycles. The zero-order valence-corrected chi connectivity index (χ0v) is 30.7. The van der Waals surface area contributed by atoms with Crippen molar-refractivity contribution >= 4 is 20.2 Å². The Balaban J connectivity index is 2.30. The van der Waals surface area contributed by atoms with E-state index >= 15 is 0 Å². The molecule has 2 rings (SSSR count). The van der Waals surface area contributed by atoms with Crippen molar-refractivity contribution in [1.82, 2.24) is 0 Å². The Labute approximate surface area is 274 Å².